The van der Waals surface area contributed by atoms with Gasteiger partial charge in [-0.1, -0.05) is 12.8 Å². The molecule has 1 unspecified atom stereocenters. The highest BCUT2D eigenvalue weighted by Gasteiger charge is 2.26. The molecule has 1 fully saturated rings. The lowest BCUT2D eigenvalue weighted by molar-refractivity contribution is 0.0915. The Labute approximate surface area is 109 Å². The smallest absolute Gasteiger partial charge is 0.268 e. The summed E-state index contributed by atoms with van der Waals surface area (Å²) in [5, 5.41) is 3.09. The van der Waals surface area contributed by atoms with Gasteiger partial charge in [-0.3, -0.25) is 4.79 Å². The molecule has 4 nitrogen and oxygen atoms in total. The second-order valence-electron chi connectivity index (χ2n) is 5.28. The minimum Gasteiger partial charge on any atom is -0.346 e. The maximum Gasteiger partial charge on any atom is 0.268 e. The summed E-state index contributed by atoms with van der Waals surface area (Å²) in [4.78, 5) is 12.2. The van der Waals surface area contributed by atoms with Gasteiger partial charge in [0.05, 0.1) is 0 Å². The Morgan fingerprint density at radius 2 is 2.17 bits per heavy atom. The van der Waals surface area contributed by atoms with Gasteiger partial charge in [-0.25, -0.2) is 0 Å². The van der Waals surface area contributed by atoms with Crippen LogP contribution in [-0.4, -0.2) is 23.1 Å². The van der Waals surface area contributed by atoms with E-state index < -0.39 is 0 Å². The van der Waals surface area contributed by atoms with Crippen LogP contribution in [0.2, 0.25) is 0 Å². The van der Waals surface area contributed by atoms with Crippen molar-refractivity contribution in [1.82, 2.24) is 9.88 Å². The van der Waals surface area contributed by atoms with Crippen molar-refractivity contribution in [2.45, 2.75) is 38.6 Å². The third-order valence-electron chi connectivity index (χ3n) is 4.14. The van der Waals surface area contributed by atoms with Gasteiger partial charge in [0.1, 0.15) is 5.69 Å². The van der Waals surface area contributed by atoms with Gasteiger partial charge in [-0.2, -0.15) is 0 Å². The summed E-state index contributed by atoms with van der Waals surface area (Å²) in [6, 6.07) is 3.95. The Bertz CT molecular complexity index is 419. The van der Waals surface area contributed by atoms with E-state index >= 15 is 0 Å². The fourth-order valence-corrected chi connectivity index (χ4v) is 2.81. The molecule has 0 spiro atoms. The molecule has 1 saturated carbocycles. The molecule has 3 N–H and O–H groups in total. The van der Waals surface area contributed by atoms with E-state index in [1.807, 2.05) is 30.7 Å². The van der Waals surface area contributed by atoms with Crippen LogP contribution in [0.3, 0.4) is 0 Å². The molecule has 1 aliphatic rings. The van der Waals surface area contributed by atoms with Crippen LogP contribution in [0.1, 0.15) is 41.9 Å². The highest BCUT2D eigenvalue weighted by atomic mass is 16.2. The molecule has 0 aromatic carbocycles. The van der Waals surface area contributed by atoms with E-state index in [9.17, 15) is 4.79 Å². The van der Waals surface area contributed by atoms with Gasteiger partial charge in [0.25, 0.3) is 5.91 Å². The lowest BCUT2D eigenvalue weighted by Gasteiger charge is -2.23. The summed E-state index contributed by atoms with van der Waals surface area (Å²) >= 11 is 0. The molecule has 4 heteroatoms. The van der Waals surface area contributed by atoms with E-state index in [0.717, 1.165) is 5.69 Å². The Hall–Kier alpha value is -1.29. The summed E-state index contributed by atoms with van der Waals surface area (Å²) < 4.78 is 1.91. The van der Waals surface area contributed by atoms with Crippen molar-refractivity contribution in [3.8, 4) is 0 Å². The second-order valence-corrected chi connectivity index (χ2v) is 5.28. The third kappa shape index (κ3) is 2.58. The number of carbonyl (C=O) groups is 1. The maximum absolute atomic E-state index is 12.2. The molecule has 0 saturated heterocycles. The van der Waals surface area contributed by atoms with Gasteiger partial charge in [0.2, 0.25) is 0 Å². The zero-order valence-corrected chi connectivity index (χ0v) is 11.3. The maximum atomic E-state index is 12.2. The fraction of sp³-hybridized carbons (Fsp3) is 0.643. The molecular formula is C14H23N3O. The summed E-state index contributed by atoms with van der Waals surface area (Å²) in [7, 11) is 1.91. The van der Waals surface area contributed by atoms with Crippen molar-refractivity contribution in [2.75, 3.05) is 6.54 Å². The van der Waals surface area contributed by atoms with Gasteiger partial charge in [0.15, 0.2) is 0 Å². The second kappa shape index (κ2) is 5.57. The van der Waals surface area contributed by atoms with Crippen molar-refractivity contribution in [3.05, 3.63) is 23.5 Å². The number of carbonyl (C=O) groups excluding carboxylic acids is 1. The van der Waals surface area contributed by atoms with Gasteiger partial charge in [0, 0.05) is 25.3 Å². The molecule has 0 radical (unpaired) electrons. The van der Waals surface area contributed by atoms with E-state index in [4.69, 9.17) is 5.73 Å². The first-order valence-electron chi connectivity index (χ1n) is 6.76. The van der Waals surface area contributed by atoms with E-state index in [2.05, 4.69) is 5.32 Å². The van der Waals surface area contributed by atoms with Crippen LogP contribution in [0.4, 0.5) is 0 Å². The summed E-state index contributed by atoms with van der Waals surface area (Å²) in [5.41, 5.74) is 7.60. The molecule has 18 heavy (non-hydrogen) atoms. The molecule has 1 heterocycles. The number of aromatic nitrogens is 1. The molecule has 1 aromatic rings. The molecule has 1 aliphatic carbocycles. The predicted molar refractivity (Wildman–Crippen MR) is 72.4 cm³/mol. The van der Waals surface area contributed by atoms with E-state index in [-0.39, 0.29) is 11.9 Å². The SMILES string of the molecule is Cc1ccc(C(=O)NC(CN)C2CCCC2)n1C. The normalized spacial score (nSPS) is 17.9. The van der Waals surface area contributed by atoms with Crippen LogP contribution in [0.5, 0.6) is 0 Å². The highest BCUT2D eigenvalue weighted by Crippen LogP contribution is 2.27. The fourth-order valence-electron chi connectivity index (χ4n) is 2.81. The minimum absolute atomic E-state index is 0.00653. The van der Waals surface area contributed by atoms with Gasteiger partial charge < -0.3 is 15.6 Å². The Morgan fingerprint density at radius 3 is 2.67 bits per heavy atom. The molecule has 0 bridgehead atoms. The van der Waals surface area contributed by atoms with Crippen LogP contribution >= 0.6 is 0 Å². The molecule has 0 aliphatic heterocycles. The van der Waals surface area contributed by atoms with Crippen LogP contribution in [0.25, 0.3) is 0 Å². The Morgan fingerprint density at radius 1 is 1.50 bits per heavy atom. The molecule has 1 atom stereocenters. The van der Waals surface area contributed by atoms with Crippen LogP contribution < -0.4 is 11.1 Å². The Kier molecular flexibility index (Phi) is 4.07. The predicted octanol–water partition coefficient (Wildman–Crippen LogP) is 1.58. The van der Waals surface area contributed by atoms with Crippen LogP contribution in [0.15, 0.2) is 12.1 Å². The van der Waals surface area contributed by atoms with E-state index in [1.165, 1.54) is 25.7 Å². The topological polar surface area (TPSA) is 60.1 Å². The molecular weight excluding hydrogens is 226 g/mol. The quantitative estimate of drug-likeness (QED) is 0.851. The van der Waals surface area contributed by atoms with Gasteiger partial charge >= 0.3 is 0 Å². The number of nitrogens with zero attached hydrogens (tertiary/aromatic N) is 1. The van der Waals surface area contributed by atoms with Crippen LogP contribution in [-0.2, 0) is 7.05 Å². The van der Waals surface area contributed by atoms with Crippen molar-refractivity contribution in [1.29, 1.82) is 0 Å². The molecule has 1 amide bonds. The van der Waals surface area contributed by atoms with Crippen molar-refractivity contribution < 1.29 is 4.79 Å². The van der Waals surface area contributed by atoms with Crippen molar-refractivity contribution in [2.24, 2.45) is 18.7 Å². The first kappa shape index (κ1) is 13.1. The standard InChI is InChI=1S/C14H23N3O/c1-10-7-8-13(17(10)2)14(18)16-12(9-15)11-5-3-4-6-11/h7-8,11-12H,3-6,9,15H2,1-2H3,(H,16,18). The number of nitrogens with two attached hydrogens (primary N) is 1. The number of rotatable bonds is 4. The number of aryl methyl sites for hydroxylation is 1. The van der Waals surface area contributed by atoms with Crippen LogP contribution in [0, 0.1) is 12.8 Å². The average molecular weight is 249 g/mol. The number of hydrogen-bond acceptors (Lipinski definition) is 2. The van der Waals surface area contributed by atoms with Crippen molar-refractivity contribution in [3.63, 3.8) is 0 Å². The lowest BCUT2D eigenvalue weighted by atomic mass is 9.98. The first-order chi connectivity index (χ1) is 8.63. The monoisotopic (exact) mass is 249 g/mol. The number of hydrogen-bond donors (Lipinski definition) is 2. The zero-order chi connectivity index (χ0) is 13.1. The minimum atomic E-state index is -0.00653. The highest BCUT2D eigenvalue weighted by molar-refractivity contribution is 5.93. The molecule has 2 rings (SSSR count). The largest absolute Gasteiger partial charge is 0.346 e. The molecule has 100 valence electrons. The Balaban J connectivity index is 2.03. The lowest BCUT2D eigenvalue weighted by Crippen LogP contribution is -2.45. The summed E-state index contributed by atoms with van der Waals surface area (Å²) in [6.45, 7) is 2.52. The summed E-state index contributed by atoms with van der Waals surface area (Å²) in [6.07, 6.45) is 4.91. The number of amides is 1. The van der Waals surface area contributed by atoms with E-state index in [0.29, 0.717) is 18.2 Å². The van der Waals surface area contributed by atoms with E-state index in [1.54, 1.807) is 0 Å². The van der Waals surface area contributed by atoms with Gasteiger partial charge in [-0.15, -0.1) is 0 Å². The first-order valence-corrected chi connectivity index (χ1v) is 6.76. The molecule has 1 aromatic heterocycles. The summed E-state index contributed by atoms with van der Waals surface area (Å²) in [5.74, 6) is 0.549. The average Bonchev–Trinajstić information content (AvgIpc) is 2.98. The van der Waals surface area contributed by atoms with Gasteiger partial charge in [-0.05, 0) is 37.8 Å². The third-order valence-corrected chi connectivity index (χ3v) is 4.14. The zero-order valence-electron chi connectivity index (χ0n) is 11.3. The van der Waals surface area contributed by atoms with Crippen molar-refractivity contribution >= 4 is 5.91 Å². The number of nitrogens with one attached hydrogen (secondary N) is 1.